The van der Waals surface area contributed by atoms with Crippen molar-refractivity contribution in [2.75, 3.05) is 0 Å². The second-order valence-corrected chi connectivity index (χ2v) is 6.64. The maximum Gasteiger partial charge on any atom is 0.230 e. The van der Waals surface area contributed by atoms with Gasteiger partial charge < -0.3 is 0 Å². The predicted octanol–water partition coefficient (Wildman–Crippen LogP) is 3.24. The molecule has 1 aliphatic heterocycles. The third kappa shape index (κ3) is 2.74. The molecule has 21 heavy (non-hydrogen) atoms. The minimum absolute atomic E-state index is 0.0349. The van der Waals surface area contributed by atoms with Crippen LogP contribution in [0.25, 0.3) is 0 Å². The number of carbonyl (C=O) groups is 2. The zero-order valence-electron chi connectivity index (χ0n) is 12.8. The number of amides is 2. The van der Waals surface area contributed by atoms with Crippen molar-refractivity contribution in [2.24, 2.45) is 11.8 Å². The first-order valence-corrected chi connectivity index (χ1v) is 7.97. The van der Waals surface area contributed by atoms with E-state index in [1.807, 2.05) is 0 Å². The van der Waals surface area contributed by atoms with Gasteiger partial charge in [0.2, 0.25) is 11.8 Å². The Bertz CT molecular complexity index is 573. The van der Waals surface area contributed by atoms with E-state index in [4.69, 9.17) is 0 Å². The van der Waals surface area contributed by atoms with Crippen LogP contribution in [-0.4, -0.2) is 11.8 Å². The standard InChI is InChI=1S/C18H23NO2/c1-11-7-8-14(9-12(11)2)15-10-16(20)19-18(21)17(15)13-5-3-4-6-13/h7-9,13,15,17H,3-6,10H2,1-2H3,(H,19,20,21). The third-order valence-corrected chi connectivity index (χ3v) is 5.27. The van der Waals surface area contributed by atoms with Gasteiger partial charge in [0.05, 0.1) is 0 Å². The molecule has 2 atom stereocenters. The number of hydrogen-bond donors (Lipinski definition) is 1. The first-order chi connectivity index (χ1) is 10.1. The fraction of sp³-hybridized carbons (Fsp3) is 0.556. The summed E-state index contributed by atoms with van der Waals surface area (Å²) in [6, 6.07) is 6.36. The van der Waals surface area contributed by atoms with Gasteiger partial charge in [-0.25, -0.2) is 0 Å². The average molecular weight is 285 g/mol. The number of nitrogens with one attached hydrogen (secondary N) is 1. The fourth-order valence-corrected chi connectivity index (χ4v) is 3.96. The van der Waals surface area contributed by atoms with Crippen LogP contribution in [0.3, 0.4) is 0 Å². The lowest BCUT2D eigenvalue weighted by Crippen LogP contribution is -2.47. The summed E-state index contributed by atoms with van der Waals surface area (Å²) in [4.78, 5) is 24.2. The molecule has 0 spiro atoms. The van der Waals surface area contributed by atoms with E-state index in [1.165, 1.54) is 24.0 Å². The second-order valence-electron chi connectivity index (χ2n) is 6.64. The minimum atomic E-state index is -0.127. The van der Waals surface area contributed by atoms with Crippen LogP contribution in [0.15, 0.2) is 18.2 Å². The van der Waals surface area contributed by atoms with E-state index >= 15 is 0 Å². The van der Waals surface area contributed by atoms with Gasteiger partial charge in [0.25, 0.3) is 0 Å². The monoisotopic (exact) mass is 285 g/mol. The second kappa shape index (κ2) is 5.63. The van der Waals surface area contributed by atoms with Gasteiger partial charge in [0.1, 0.15) is 0 Å². The van der Waals surface area contributed by atoms with Gasteiger partial charge in [-0.1, -0.05) is 31.0 Å². The molecule has 2 amide bonds. The highest BCUT2D eigenvalue weighted by Gasteiger charge is 2.42. The highest BCUT2D eigenvalue weighted by atomic mass is 16.2. The van der Waals surface area contributed by atoms with Crippen molar-refractivity contribution in [3.8, 4) is 0 Å². The summed E-state index contributed by atoms with van der Waals surface area (Å²) in [5.74, 6) is 0.268. The van der Waals surface area contributed by atoms with Gasteiger partial charge in [0, 0.05) is 18.3 Å². The van der Waals surface area contributed by atoms with E-state index in [0.717, 1.165) is 18.4 Å². The van der Waals surface area contributed by atoms with Crippen LogP contribution in [0, 0.1) is 25.7 Å². The Morgan fingerprint density at radius 1 is 1.05 bits per heavy atom. The van der Waals surface area contributed by atoms with E-state index in [-0.39, 0.29) is 23.7 Å². The number of imide groups is 1. The van der Waals surface area contributed by atoms with Gasteiger partial charge in [-0.15, -0.1) is 0 Å². The van der Waals surface area contributed by atoms with Crippen molar-refractivity contribution in [1.82, 2.24) is 5.32 Å². The largest absolute Gasteiger partial charge is 0.296 e. The first-order valence-electron chi connectivity index (χ1n) is 7.97. The van der Waals surface area contributed by atoms with Crippen molar-refractivity contribution >= 4 is 11.8 Å². The van der Waals surface area contributed by atoms with Gasteiger partial charge in [-0.2, -0.15) is 0 Å². The van der Waals surface area contributed by atoms with Crippen LogP contribution >= 0.6 is 0 Å². The Kier molecular flexibility index (Phi) is 3.83. The smallest absolute Gasteiger partial charge is 0.230 e. The topological polar surface area (TPSA) is 46.2 Å². The fourth-order valence-electron chi connectivity index (χ4n) is 3.96. The summed E-state index contributed by atoms with van der Waals surface area (Å²) in [6.07, 6.45) is 5.10. The van der Waals surface area contributed by atoms with Crippen LogP contribution in [0.5, 0.6) is 0 Å². The van der Waals surface area contributed by atoms with E-state index < -0.39 is 0 Å². The van der Waals surface area contributed by atoms with Gasteiger partial charge in [-0.05, 0) is 49.3 Å². The number of piperidine rings is 1. The predicted molar refractivity (Wildman–Crippen MR) is 81.9 cm³/mol. The van der Waals surface area contributed by atoms with Gasteiger partial charge in [0.15, 0.2) is 0 Å². The molecule has 3 nitrogen and oxygen atoms in total. The zero-order chi connectivity index (χ0) is 15.0. The van der Waals surface area contributed by atoms with Crippen molar-refractivity contribution in [3.63, 3.8) is 0 Å². The van der Waals surface area contributed by atoms with Crippen LogP contribution < -0.4 is 5.32 Å². The molecule has 112 valence electrons. The van der Waals surface area contributed by atoms with E-state index in [2.05, 4.69) is 37.4 Å². The molecule has 1 N–H and O–H groups in total. The average Bonchev–Trinajstić information content (AvgIpc) is 2.94. The summed E-state index contributed by atoms with van der Waals surface area (Å²) in [5, 5.41) is 2.55. The highest BCUT2D eigenvalue weighted by Crippen LogP contribution is 2.42. The van der Waals surface area contributed by atoms with Crippen molar-refractivity contribution in [1.29, 1.82) is 0 Å². The number of aryl methyl sites for hydroxylation is 2. The molecular formula is C18H23NO2. The lowest BCUT2D eigenvalue weighted by molar-refractivity contribution is -0.138. The Morgan fingerprint density at radius 2 is 1.76 bits per heavy atom. The lowest BCUT2D eigenvalue weighted by Gasteiger charge is -2.34. The molecule has 0 bridgehead atoms. The Morgan fingerprint density at radius 3 is 2.43 bits per heavy atom. The number of carbonyl (C=O) groups excluding carboxylic acids is 2. The Labute approximate surface area is 126 Å². The van der Waals surface area contributed by atoms with E-state index in [1.54, 1.807) is 0 Å². The summed E-state index contributed by atoms with van der Waals surface area (Å²) in [6.45, 7) is 4.18. The van der Waals surface area contributed by atoms with Gasteiger partial charge >= 0.3 is 0 Å². The lowest BCUT2D eigenvalue weighted by atomic mass is 9.72. The molecule has 1 saturated carbocycles. The van der Waals surface area contributed by atoms with Crippen LogP contribution in [-0.2, 0) is 9.59 Å². The molecule has 1 heterocycles. The number of hydrogen-bond acceptors (Lipinski definition) is 2. The van der Waals surface area contributed by atoms with E-state index in [9.17, 15) is 9.59 Å². The summed E-state index contributed by atoms with van der Waals surface area (Å²) in [7, 11) is 0. The minimum Gasteiger partial charge on any atom is -0.296 e. The quantitative estimate of drug-likeness (QED) is 0.848. The first kappa shape index (κ1) is 14.3. The molecular weight excluding hydrogens is 262 g/mol. The maximum atomic E-state index is 12.4. The van der Waals surface area contributed by atoms with Gasteiger partial charge in [-0.3, -0.25) is 14.9 Å². The molecule has 3 heteroatoms. The third-order valence-electron chi connectivity index (χ3n) is 5.27. The number of rotatable bonds is 2. The van der Waals surface area contributed by atoms with Crippen LogP contribution in [0.4, 0.5) is 0 Å². The molecule has 0 radical (unpaired) electrons. The van der Waals surface area contributed by atoms with E-state index in [0.29, 0.717) is 12.3 Å². The molecule has 0 aromatic heterocycles. The summed E-state index contributed by atoms with van der Waals surface area (Å²) < 4.78 is 0. The van der Waals surface area contributed by atoms with Crippen LogP contribution in [0.1, 0.15) is 54.7 Å². The molecule has 1 aliphatic carbocycles. The molecule has 2 fully saturated rings. The van der Waals surface area contributed by atoms with Crippen molar-refractivity contribution in [3.05, 3.63) is 34.9 Å². The molecule has 3 rings (SSSR count). The number of benzene rings is 1. The Balaban J connectivity index is 1.95. The van der Waals surface area contributed by atoms with Crippen molar-refractivity contribution in [2.45, 2.75) is 51.9 Å². The molecule has 1 aromatic rings. The molecule has 2 aliphatic rings. The molecule has 1 aromatic carbocycles. The normalized spacial score (nSPS) is 27.0. The highest BCUT2D eigenvalue weighted by molar-refractivity contribution is 6.00. The molecule has 1 saturated heterocycles. The Hall–Kier alpha value is -1.64. The maximum absolute atomic E-state index is 12.4. The SMILES string of the molecule is Cc1ccc(C2CC(=O)NC(=O)C2C2CCCC2)cc1C. The zero-order valence-corrected chi connectivity index (χ0v) is 12.8. The molecule has 2 unspecified atom stereocenters. The van der Waals surface area contributed by atoms with Crippen molar-refractivity contribution < 1.29 is 9.59 Å². The van der Waals surface area contributed by atoms with Crippen LogP contribution in [0.2, 0.25) is 0 Å². The summed E-state index contributed by atoms with van der Waals surface area (Å²) >= 11 is 0. The summed E-state index contributed by atoms with van der Waals surface area (Å²) in [5.41, 5.74) is 3.64.